The molecule has 1 aliphatic carbocycles. The fourth-order valence-electron chi connectivity index (χ4n) is 2.29. The van der Waals surface area contributed by atoms with Crippen molar-refractivity contribution in [3.8, 4) is 0 Å². The predicted molar refractivity (Wildman–Crippen MR) is 44.7 cm³/mol. The average molecular weight is 169 g/mol. The molecule has 0 aromatic carbocycles. The summed E-state index contributed by atoms with van der Waals surface area (Å²) >= 11 is 0. The summed E-state index contributed by atoms with van der Waals surface area (Å²) in [6.07, 6.45) is 2.59. The van der Waals surface area contributed by atoms with Crippen LogP contribution < -0.4 is 0 Å². The Hall–Kier alpha value is -0.570. The summed E-state index contributed by atoms with van der Waals surface area (Å²) in [5.41, 5.74) is 0. The third kappa shape index (κ3) is 1.04. The summed E-state index contributed by atoms with van der Waals surface area (Å²) in [5, 5.41) is 0. The zero-order chi connectivity index (χ0) is 8.72. The van der Waals surface area contributed by atoms with Gasteiger partial charge in [-0.1, -0.05) is 6.92 Å². The molecule has 68 valence electrons. The topological polar surface area (TPSA) is 29.5 Å². The van der Waals surface area contributed by atoms with Crippen LogP contribution in [0.4, 0.5) is 0 Å². The van der Waals surface area contributed by atoms with E-state index in [9.17, 15) is 4.79 Å². The zero-order valence-electron chi connectivity index (χ0n) is 7.62. The second kappa shape index (κ2) is 2.73. The van der Waals surface area contributed by atoms with Crippen molar-refractivity contribution in [1.82, 2.24) is 4.90 Å². The van der Waals surface area contributed by atoms with Crippen LogP contribution in [0.15, 0.2) is 0 Å². The Bertz CT molecular complexity index is 205. The van der Waals surface area contributed by atoms with E-state index in [1.54, 1.807) is 0 Å². The van der Waals surface area contributed by atoms with Gasteiger partial charge in [-0.3, -0.25) is 4.79 Å². The second-order valence-corrected chi connectivity index (χ2v) is 3.90. The summed E-state index contributed by atoms with van der Waals surface area (Å²) < 4.78 is 5.51. The molecule has 1 heterocycles. The number of likely N-dealkylation sites (N-methyl/N-ethyl adjacent to an activating group) is 1. The van der Waals surface area contributed by atoms with Crippen LogP contribution >= 0.6 is 0 Å². The average Bonchev–Trinajstić information content (AvgIpc) is 2.41. The van der Waals surface area contributed by atoms with Gasteiger partial charge in [-0.2, -0.15) is 0 Å². The van der Waals surface area contributed by atoms with E-state index in [0.29, 0.717) is 18.1 Å². The van der Waals surface area contributed by atoms with Gasteiger partial charge >= 0.3 is 0 Å². The lowest BCUT2D eigenvalue weighted by Gasteiger charge is -2.35. The number of fused-ring (bicyclic) bond motifs is 1. The Morgan fingerprint density at radius 3 is 3.00 bits per heavy atom. The van der Waals surface area contributed by atoms with E-state index in [2.05, 4.69) is 6.92 Å². The summed E-state index contributed by atoms with van der Waals surface area (Å²) in [6, 6.07) is 0.348. The van der Waals surface area contributed by atoms with Crippen molar-refractivity contribution in [3.63, 3.8) is 0 Å². The molecule has 0 aromatic rings. The van der Waals surface area contributed by atoms with E-state index in [4.69, 9.17) is 4.74 Å². The smallest absolute Gasteiger partial charge is 0.248 e. The molecule has 0 spiro atoms. The number of morpholine rings is 1. The minimum absolute atomic E-state index is 0.130. The first-order valence-corrected chi connectivity index (χ1v) is 4.57. The summed E-state index contributed by atoms with van der Waals surface area (Å²) in [5.74, 6) is 0.746. The van der Waals surface area contributed by atoms with Crippen molar-refractivity contribution in [1.29, 1.82) is 0 Å². The van der Waals surface area contributed by atoms with Gasteiger partial charge < -0.3 is 9.64 Å². The molecule has 0 bridgehead atoms. The van der Waals surface area contributed by atoms with Crippen molar-refractivity contribution < 1.29 is 9.53 Å². The molecule has 0 radical (unpaired) electrons. The van der Waals surface area contributed by atoms with E-state index in [1.807, 2.05) is 11.9 Å². The van der Waals surface area contributed by atoms with Crippen LogP contribution in [0.1, 0.15) is 19.8 Å². The van der Waals surface area contributed by atoms with Gasteiger partial charge in [0.1, 0.15) is 6.61 Å². The third-order valence-corrected chi connectivity index (χ3v) is 3.15. The second-order valence-electron chi connectivity index (χ2n) is 3.90. The van der Waals surface area contributed by atoms with Crippen molar-refractivity contribution in [2.45, 2.75) is 31.9 Å². The number of hydrogen-bond acceptors (Lipinski definition) is 2. The highest BCUT2D eigenvalue weighted by molar-refractivity contribution is 5.78. The number of hydrogen-bond donors (Lipinski definition) is 0. The summed E-state index contributed by atoms with van der Waals surface area (Å²) in [7, 11) is 1.89. The lowest BCUT2D eigenvalue weighted by atomic mass is 10.1. The van der Waals surface area contributed by atoms with E-state index >= 15 is 0 Å². The standard InChI is InChI=1S/C9H15NO2/c1-6-3-4-7-9(6)12-5-8(11)10(7)2/h6-7,9H,3-5H2,1-2H3. The molecule has 1 saturated heterocycles. The number of carbonyl (C=O) groups excluding carboxylic acids is 1. The van der Waals surface area contributed by atoms with E-state index in [-0.39, 0.29) is 12.5 Å². The predicted octanol–water partition coefficient (Wildman–Crippen LogP) is 0.642. The van der Waals surface area contributed by atoms with Crippen molar-refractivity contribution in [2.75, 3.05) is 13.7 Å². The van der Waals surface area contributed by atoms with Crippen molar-refractivity contribution in [3.05, 3.63) is 0 Å². The molecule has 3 unspecified atom stereocenters. The molecular weight excluding hydrogens is 154 g/mol. The summed E-state index contributed by atoms with van der Waals surface area (Å²) in [6.45, 7) is 2.48. The number of rotatable bonds is 0. The molecule has 1 amide bonds. The fraction of sp³-hybridized carbons (Fsp3) is 0.889. The Kier molecular flexibility index (Phi) is 1.83. The Morgan fingerprint density at radius 2 is 2.25 bits per heavy atom. The Balaban J connectivity index is 2.14. The molecule has 1 aliphatic heterocycles. The highest BCUT2D eigenvalue weighted by Crippen LogP contribution is 2.33. The van der Waals surface area contributed by atoms with Gasteiger partial charge in [0.25, 0.3) is 0 Å². The quantitative estimate of drug-likeness (QED) is 0.532. The summed E-state index contributed by atoms with van der Waals surface area (Å²) in [4.78, 5) is 13.1. The lowest BCUT2D eigenvalue weighted by molar-refractivity contribution is -0.153. The normalized spacial score (nSPS) is 41.7. The number of amides is 1. The molecule has 2 fully saturated rings. The van der Waals surface area contributed by atoms with Gasteiger partial charge in [-0.25, -0.2) is 0 Å². The SMILES string of the molecule is CC1CCC2C1OCC(=O)N2C. The molecule has 3 atom stereocenters. The number of ether oxygens (including phenoxy) is 1. The number of nitrogens with zero attached hydrogens (tertiary/aromatic N) is 1. The molecule has 0 N–H and O–H groups in total. The Morgan fingerprint density at radius 1 is 1.50 bits per heavy atom. The van der Waals surface area contributed by atoms with Gasteiger partial charge in [0.05, 0.1) is 12.1 Å². The molecule has 1 saturated carbocycles. The van der Waals surface area contributed by atoms with E-state index in [1.165, 1.54) is 6.42 Å². The molecular formula is C9H15NO2. The van der Waals surface area contributed by atoms with Crippen LogP contribution in [0, 0.1) is 5.92 Å². The van der Waals surface area contributed by atoms with Crippen LogP contribution in [-0.2, 0) is 9.53 Å². The first kappa shape index (κ1) is 8.05. The van der Waals surface area contributed by atoms with Gasteiger partial charge in [0.2, 0.25) is 5.91 Å². The molecule has 2 aliphatic rings. The largest absolute Gasteiger partial charge is 0.366 e. The molecule has 0 aromatic heterocycles. The minimum Gasteiger partial charge on any atom is -0.366 e. The van der Waals surface area contributed by atoms with Crippen molar-refractivity contribution in [2.24, 2.45) is 5.92 Å². The first-order valence-electron chi connectivity index (χ1n) is 4.57. The maximum atomic E-state index is 11.2. The van der Waals surface area contributed by atoms with E-state index < -0.39 is 0 Å². The zero-order valence-corrected chi connectivity index (χ0v) is 7.62. The monoisotopic (exact) mass is 169 g/mol. The highest BCUT2D eigenvalue weighted by Gasteiger charge is 2.41. The van der Waals surface area contributed by atoms with Gasteiger partial charge in [-0.15, -0.1) is 0 Å². The fourth-order valence-corrected chi connectivity index (χ4v) is 2.29. The van der Waals surface area contributed by atoms with Crippen LogP contribution in [0.5, 0.6) is 0 Å². The molecule has 3 nitrogen and oxygen atoms in total. The van der Waals surface area contributed by atoms with Crippen LogP contribution in [0.25, 0.3) is 0 Å². The molecule has 12 heavy (non-hydrogen) atoms. The van der Waals surface area contributed by atoms with E-state index in [0.717, 1.165) is 6.42 Å². The first-order chi connectivity index (χ1) is 5.70. The molecule has 2 rings (SSSR count). The third-order valence-electron chi connectivity index (χ3n) is 3.15. The lowest BCUT2D eigenvalue weighted by Crippen LogP contribution is -2.51. The van der Waals surface area contributed by atoms with Gasteiger partial charge in [0, 0.05) is 7.05 Å². The van der Waals surface area contributed by atoms with Gasteiger partial charge in [-0.05, 0) is 18.8 Å². The maximum absolute atomic E-state index is 11.2. The van der Waals surface area contributed by atoms with Crippen LogP contribution in [0.2, 0.25) is 0 Å². The maximum Gasteiger partial charge on any atom is 0.248 e. The highest BCUT2D eigenvalue weighted by atomic mass is 16.5. The van der Waals surface area contributed by atoms with Crippen molar-refractivity contribution >= 4 is 5.91 Å². The van der Waals surface area contributed by atoms with Crippen LogP contribution in [-0.4, -0.2) is 36.6 Å². The number of carbonyl (C=O) groups is 1. The van der Waals surface area contributed by atoms with Crippen LogP contribution in [0.3, 0.4) is 0 Å². The molecule has 3 heteroatoms. The minimum atomic E-state index is 0.130. The van der Waals surface area contributed by atoms with Gasteiger partial charge in [0.15, 0.2) is 0 Å². The Labute approximate surface area is 72.7 Å².